The number of unbranched alkanes of at least 4 members (excludes halogenated alkanes) is 3. The number of rotatable bonds is 11. The fourth-order valence-electron chi connectivity index (χ4n) is 5.50. The molecule has 2 aromatic rings. The molecule has 1 heterocycles. The zero-order valence-electron chi connectivity index (χ0n) is 21.2. The molecular formula is C29H33F4NO3. The Morgan fingerprint density at radius 3 is 2.62 bits per heavy atom. The third kappa shape index (κ3) is 5.69. The van der Waals surface area contributed by atoms with Gasteiger partial charge in [-0.05, 0) is 85.6 Å². The van der Waals surface area contributed by atoms with E-state index in [1.807, 2.05) is 11.8 Å². The number of benzene rings is 2. The number of carbonyl (C=O) groups is 1. The minimum Gasteiger partial charge on any atom is -0.491 e. The number of nitrogens with zero attached hydrogens (tertiary/aromatic N) is 1. The van der Waals surface area contributed by atoms with Crippen molar-refractivity contribution in [2.75, 3.05) is 19.8 Å². The Bertz CT molecular complexity index is 1180. The van der Waals surface area contributed by atoms with Crippen molar-refractivity contribution in [3.05, 3.63) is 70.0 Å². The number of aliphatic carboxylic acids is 1. The smallest absolute Gasteiger partial charge is 0.307 e. The molecule has 0 unspecified atom stereocenters. The van der Waals surface area contributed by atoms with Gasteiger partial charge in [-0.3, -0.25) is 14.1 Å². The van der Waals surface area contributed by atoms with Crippen LogP contribution in [0.2, 0.25) is 0 Å². The van der Waals surface area contributed by atoms with Crippen molar-refractivity contribution in [2.24, 2.45) is 5.92 Å². The molecule has 0 bridgehead atoms. The first-order valence-corrected chi connectivity index (χ1v) is 12.9. The molecule has 0 aromatic heterocycles. The van der Waals surface area contributed by atoms with E-state index in [0.717, 1.165) is 28.7 Å². The van der Waals surface area contributed by atoms with Gasteiger partial charge in [-0.2, -0.15) is 0 Å². The van der Waals surface area contributed by atoms with Gasteiger partial charge in [0.1, 0.15) is 11.6 Å². The molecule has 0 radical (unpaired) electrons. The van der Waals surface area contributed by atoms with Gasteiger partial charge in [-0.15, -0.1) is 0 Å². The van der Waals surface area contributed by atoms with Crippen molar-refractivity contribution >= 4 is 11.5 Å². The van der Waals surface area contributed by atoms with Crippen molar-refractivity contribution in [1.29, 1.82) is 0 Å². The lowest BCUT2D eigenvalue weighted by molar-refractivity contribution is -0.142. The Morgan fingerprint density at radius 2 is 1.89 bits per heavy atom. The van der Waals surface area contributed by atoms with Gasteiger partial charge in [0.05, 0.1) is 25.2 Å². The average molecular weight is 520 g/mol. The van der Waals surface area contributed by atoms with Gasteiger partial charge in [0.15, 0.2) is 11.6 Å². The Labute approximate surface area is 214 Å². The third-order valence-corrected chi connectivity index (χ3v) is 7.45. The summed E-state index contributed by atoms with van der Waals surface area (Å²) in [5.41, 5.74) is 3.08. The second kappa shape index (κ2) is 11.7. The number of fused-ring (bicyclic) bond motifs is 2. The number of carboxylic acids is 1. The molecule has 1 N–H and O–H groups in total. The van der Waals surface area contributed by atoms with E-state index in [0.29, 0.717) is 32.1 Å². The number of hydrogen-bond donors (Lipinski definition) is 1. The van der Waals surface area contributed by atoms with Gasteiger partial charge in [-0.1, -0.05) is 19.4 Å². The molecule has 4 nitrogen and oxygen atoms in total. The maximum absolute atomic E-state index is 16.0. The predicted molar refractivity (Wildman–Crippen MR) is 134 cm³/mol. The summed E-state index contributed by atoms with van der Waals surface area (Å²) in [6.07, 6.45) is 3.47. The molecule has 1 aliphatic carbocycles. The van der Waals surface area contributed by atoms with Gasteiger partial charge >= 0.3 is 5.97 Å². The van der Waals surface area contributed by atoms with Gasteiger partial charge in [0, 0.05) is 18.2 Å². The molecule has 0 fully saturated rings. The lowest BCUT2D eigenvalue weighted by Crippen LogP contribution is -2.45. The minimum atomic E-state index is -0.992. The molecule has 37 heavy (non-hydrogen) atoms. The minimum absolute atomic E-state index is 0.0740. The van der Waals surface area contributed by atoms with Crippen LogP contribution in [0.3, 0.4) is 0 Å². The first kappa shape index (κ1) is 27.2. The molecule has 0 saturated carbocycles. The zero-order chi connectivity index (χ0) is 26.7. The van der Waals surface area contributed by atoms with Crippen molar-refractivity contribution in [2.45, 2.75) is 64.5 Å². The Balaban J connectivity index is 1.73. The van der Waals surface area contributed by atoms with E-state index >= 15 is 8.78 Å². The van der Waals surface area contributed by atoms with Gasteiger partial charge in [-0.25, -0.2) is 13.2 Å². The van der Waals surface area contributed by atoms with Crippen molar-refractivity contribution in [3.8, 4) is 5.75 Å². The summed E-state index contributed by atoms with van der Waals surface area (Å²) < 4.78 is 63.5. The molecule has 0 amide bonds. The maximum Gasteiger partial charge on any atom is 0.307 e. The summed E-state index contributed by atoms with van der Waals surface area (Å²) in [5.74, 6) is -3.76. The average Bonchev–Trinajstić information content (AvgIpc) is 3.21. The number of hydrogen-bond acceptors (Lipinski definition) is 3. The normalized spacial score (nSPS) is 20.1. The van der Waals surface area contributed by atoms with Crippen LogP contribution in [0.15, 0.2) is 35.9 Å². The van der Waals surface area contributed by atoms with E-state index in [2.05, 4.69) is 0 Å². The number of alkyl halides is 1. The van der Waals surface area contributed by atoms with Crippen molar-refractivity contribution in [3.63, 3.8) is 0 Å². The molecule has 2 aromatic carbocycles. The molecule has 3 atom stereocenters. The lowest BCUT2D eigenvalue weighted by atomic mass is 9.84. The van der Waals surface area contributed by atoms with Crippen LogP contribution in [0.5, 0.6) is 5.75 Å². The Kier molecular flexibility index (Phi) is 8.57. The van der Waals surface area contributed by atoms with Crippen molar-refractivity contribution in [1.82, 2.24) is 4.90 Å². The molecule has 0 spiro atoms. The zero-order valence-corrected chi connectivity index (χ0v) is 21.2. The SMILES string of the molecule is C[C@@H]1CC2=C(Cc3ccc(F)cc32)[C@@H](c2c(F)ccc(OCCCCCCF)c2F)N1C[C@H](C)C(=O)O. The summed E-state index contributed by atoms with van der Waals surface area (Å²) in [7, 11) is 0. The van der Waals surface area contributed by atoms with E-state index < -0.39 is 29.6 Å². The standard InChI is InChI=1S/C29H33F4NO3/c1-17(29(35)36)16-34-18(2)13-22-21-15-20(31)8-7-19(21)14-23(22)28(34)26-24(32)9-10-25(27(26)33)37-12-6-4-3-5-11-30/h7-10,15,17-18,28H,3-6,11-14,16H2,1-2H3,(H,35,36)/t17-,18+,28-/m0/s1. The molecule has 2 aliphatic rings. The maximum atomic E-state index is 16.0. The highest BCUT2D eigenvalue weighted by Crippen LogP contribution is 2.50. The first-order chi connectivity index (χ1) is 17.7. The highest BCUT2D eigenvalue weighted by atomic mass is 19.1. The molecule has 0 saturated heterocycles. The summed E-state index contributed by atoms with van der Waals surface area (Å²) in [6, 6.07) is 5.89. The Hall–Kier alpha value is -2.87. The van der Waals surface area contributed by atoms with E-state index in [4.69, 9.17) is 4.74 Å². The van der Waals surface area contributed by atoms with E-state index in [1.54, 1.807) is 13.0 Å². The van der Waals surface area contributed by atoms with Crippen LogP contribution in [-0.4, -0.2) is 41.8 Å². The van der Waals surface area contributed by atoms with Gasteiger partial charge < -0.3 is 9.84 Å². The van der Waals surface area contributed by atoms with Crippen LogP contribution < -0.4 is 4.74 Å². The summed E-state index contributed by atoms with van der Waals surface area (Å²) in [5, 5.41) is 9.57. The fraction of sp³-hybridized carbons (Fsp3) is 0.483. The predicted octanol–water partition coefficient (Wildman–Crippen LogP) is 6.88. The summed E-state index contributed by atoms with van der Waals surface area (Å²) in [6.45, 7) is 3.41. The lowest BCUT2D eigenvalue weighted by Gasteiger charge is -2.43. The van der Waals surface area contributed by atoms with Crippen LogP contribution in [0, 0.1) is 23.4 Å². The number of carboxylic acid groups (broad SMARTS) is 1. The van der Waals surface area contributed by atoms with Crippen LogP contribution >= 0.6 is 0 Å². The van der Waals surface area contributed by atoms with Crippen molar-refractivity contribution < 1.29 is 32.2 Å². The highest BCUT2D eigenvalue weighted by Gasteiger charge is 2.42. The van der Waals surface area contributed by atoms with Gasteiger partial charge in [0.25, 0.3) is 0 Å². The van der Waals surface area contributed by atoms with Crippen LogP contribution in [0.1, 0.15) is 68.7 Å². The van der Waals surface area contributed by atoms with E-state index in [-0.39, 0.29) is 43.0 Å². The first-order valence-electron chi connectivity index (χ1n) is 12.9. The fourth-order valence-corrected chi connectivity index (χ4v) is 5.50. The van der Waals surface area contributed by atoms with Gasteiger partial charge in [0.2, 0.25) is 0 Å². The number of ether oxygens (including phenoxy) is 1. The molecule has 4 rings (SSSR count). The molecular weight excluding hydrogens is 486 g/mol. The summed E-state index contributed by atoms with van der Waals surface area (Å²) in [4.78, 5) is 13.5. The Morgan fingerprint density at radius 1 is 1.14 bits per heavy atom. The highest BCUT2D eigenvalue weighted by molar-refractivity contribution is 5.79. The second-order valence-electron chi connectivity index (χ2n) is 10.1. The number of halogens is 4. The quantitative estimate of drug-likeness (QED) is 0.260. The summed E-state index contributed by atoms with van der Waals surface area (Å²) >= 11 is 0. The molecule has 1 aliphatic heterocycles. The van der Waals surface area contributed by atoms with E-state index in [1.165, 1.54) is 24.3 Å². The molecule has 8 heteroatoms. The topological polar surface area (TPSA) is 49.8 Å². The monoisotopic (exact) mass is 519 g/mol. The molecule has 200 valence electrons. The third-order valence-electron chi connectivity index (χ3n) is 7.45. The van der Waals surface area contributed by atoms with Crippen LogP contribution in [0.4, 0.5) is 17.6 Å². The van der Waals surface area contributed by atoms with Crippen LogP contribution in [0.25, 0.3) is 5.57 Å². The van der Waals surface area contributed by atoms with Crippen LogP contribution in [-0.2, 0) is 11.2 Å². The van der Waals surface area contributed by atoms with E-state index in [9.17, 15) is 18.7 Å². The largest absolute Gasteiger partial charge is 0.491 e. The second-order valence-corrected chi connectivity index (χ2v) is 10.1.